The Balaban J connectivity index is 1.51. The highest BCUT2D eigenvalue weighted by Gasteiger charge is 2.21. The fourth-order valence-corrected chi connectivity index (χ4v) is 5.76. The number of fused-ring (bicyclic) bond motifs is 1. The van der Waals surface area contributed by atoms with Crippen molar-refractivity contribution in [1.82, 2.24) is 9.55 Å². The maximum Gasteiger partial charge on any atom is 0.232 e. The Hall–Kier alpha value is -2.85. The second kappa shape index (κ2) is 8.49. The molecule has 0 unspecified atom stereocenters. The van der Waals surface area contributed by atoms with Crippen molar-refractivity contribution in [3.63, 3.8) is 0 Å². The number of hydrogen-bond acceptors (Lipinski definition) is 4. The fourth-order valence-electron chi connectivity index (χ4n) is 4.24. The molecule has 1 aliphatic rings. The van der Waals surface area contributed by atoms with Crippen LogP contribution in [0.15, 0.2) is 42.5 Å². The Bertz CT molecular complexity index is 1180. The second-order valence-electron chi connectivity index (χ2n) is 8.16. The second-order valence-corrected chi connectivity index (χ2v) is 9.93. The lowest BCUT2D eigenvalue weighted by molar-refractivity contribution is 0.385. The van der Waals surface area contributed by atoms with Crippen molar-refractivity contribution in [1.29, 1.82) is 5.26 Å². The number of anilines is 1. The van der Waals surface area contributed by atoms with Gasteiger partial charge in [0.25, 0.3) is 0 Å². The number of nitrogens with zero attached hydrogens (tertiary/aromatic N) is 3. The molecule has 1 saturated carbocycles. The third-order valence-corrected chi connectivity index (χ3v) is 7.33. The van der Waals surface area contributed by atoms with Crippen molar-refractivity contribution < 1.29 is 8.42 Å². The number of imidazole rings is 1. The lowest BCUT2D eigenvalue weighted by atomic mass is 9.91. The van der Waals surface area contributed by atoms with Gasteiger partial charge in [-0.05, 0) is 54.7 Å². The van der Waals surface area contributed by atoms with Gasteiger partial charge in [0.05, 0.1) is 34.1 Å². The van der Waals surface area contributed by atoms with Gasteiger partial charge in [-0.3, -0.25) is 4.72 Å². The van der Waals surface area contributed by atoms with Crippen LogP contribution in [0.2, 0.25) is 0 Å². The van der Waals surface area contributed by atoms with Crippen molar-refractivity contribution in [2.45, 2.75) is 38.5 Å². The molecule has 0 atom stereocenters. The Morgan fingerprint density at radius 2 is 1.87 bits per heavy atom. The van der Waals surface area contributed by atoms with Crippen LogP contribution >= 0.6 is 0 Å². The standard InChI is InChI=1S/C23H26N4O2S/c1-27-22-12-11-20(26-30(28,29)16-19-5-3-2-4-6-19)14-21(22)25-23(27)13-17-7-9-18(15-24)10-8-17/h7-12,14,19,26H,2-6,13,16H2,1H3. The maximum absolute atomic E-state index is 12.6. The van der Waals surface area contributed by atoms with E-state index in [9.17, 15) is 8.42 Å². The van der Waals surface area contributed by atoms with Crippen molar-refractivity contribution in [2.75, 3.05) is 10.5 Å². The molecule has 1 aromatic heterocycles. The number of sulfonamides is 1. The molecular weight excluding hydrogens is 396 g/mol. The van der Waals surface area contributed by atoms with E-state index in [0.29, 0.717) is 17.7 Å². The van der Waals surface area contributed by atoms with Crippen LogP contribution in [0.25, 0.3) is 11.0 Å². The highest BCUT2D eigenvalue weighted by Crippen LogP contribution is 2.26. The Kier molecular flexibility index (Phi) is 5.78. The number of aromatic nitrogens is 2. The van der Waals surface area contributed by atoms with E-state index < -0.39 is 10.0 Å². The minimum atomic E-state index is -3.37. The molecule has 7 heteroatoms. The third-order valence-electron chi connectivity index (χ3n) is 5.87. The summed E-state index contributed by atoms with van der Waals surface area (Å²) in [6.45, 7) is 0. The van der Waals surface area contributed by atoms with Gasteiger partial charge in [-0.2, -0.15) is 5.26 Å². The number of benzene rings is 2. The van der Waals surface area contributed by atoms with Crippen LogP contribution in [0.1, 0.15) is 49.1 Å². The van der Waals surface area contributed by atoms with Gasteiger partial charge in [-0.15, -0.1) is 0 Å². The summed E-state index contributed by atoms with van der Waals surface area (Å²) in [4.78, 5) is 4.72. The Morgan fingerprint density at radius 1 is 1.13 bits per heavy atom. The van der Waals surface area contributed by atoms with Crippen molar-refractivity contribution in [2.24, 2.45) is 13.0 Å². The average Bonchev–Trinajstić information content (AvgIpc) is 3.03. The Labute approximate surface area is 177 Å². The first-order valence-electron chi connectivity index (χ1n) is 10.4. The lowest BCUT2D eigenvalue weighted by Crippen LogP contribution is -2.24. The van der Waals surface area contributed by atoms with Gasteiger partial charge in [-0.1, -0.05) is 31.4 Å². The van der Waals surface area contributed by atoms with E-state index in [1.807, 2.05) is 29.8 Å². The summed E-state index contributed by atoms with van der Waals surface area (Å²) in [5.74, 6) is 1.34. The van der Waals surface area contributed by atoms with E-state index in [4.69, 9.17) is 10.2 Å². The molecule has 1 heterocycles. The maximum atomic E-state index is 12.6. The van der Waals surface area contributed by atoms with E-state index in [0.717, 1.165) is 48.1 Å². The molecule has 0 amide bonds. The third kappa shape index (κ3) is 4.65. The van der Waals surface area contributed by atoms with E-state index in [1.54, 1.807) is 24.3 Å². The highest BCUT2D eigenvalue weighted by molar-refractivity contribution is 7.92. The van der Waals surface area contributed by atoms with Crippen LogP contribution in [0.3, 0.4) is 0 Å². The van der Waals surface area contributed by atoms with E-state index in [1.165, 1.54) is 6.42 Å². The Morgan fingerprint density at radius 3 is 2.57 bits per heavy atom. The van der Waals surface area contributed by atoms with E-state index in [2.05, 4.69) is 10.8 Å². The molecular formula is C23H26N4O2S. The molecule has 30 heavy (non-hydrogen) atoms. The molecule has 6 nitrogen and oxygen atoms in total. The van der Waals surface area contributed by atoms with Crippen LogP contribution in [0.4, 0.5) is 5.69 Å². The van der Waals surface area contributed by atoms with Gasteiger partial charge in [0, 0.05) is 13.5 Å². The zero-order valence-electron chi connectivity index (χ0n) is 17.1. The van der Waals surface area contributed by atoms with Crippen LogP contribution in [0, 0.1) is 17.2 Å². The zero-order chi connectivity index (χ0) is 21.1. The summed E-state index contributed by atoms with van der Waals surface area (Å²) in [6, 6.07) is 15.1. The van der Waals surface area contributed by atoms with E-state index in [-0.39, 0.29) is 11.7 Å². The first kappa shape index (κ1) is 20.4. The van der Waals surface area contributed by atoms with Crippen molar-refractivity contribution in [3.05, 3.63) is 59.4 Å². The largest absolute Gasteiger partial charge is 0.331 e. The molecule has 0 bridgehead atoms. The van der Waals surface area contributed by atoms with Crippen LogP contribution in [-0.4, -0.2) is 23.7 Å². The molecule has 0 aliphatic heterocycles. The molecule has 0 radical (unpaired) electrons. The summed E-state index contributed by atoms with van der Waals surface area (Å²) >= 11 is 0. The van der Waals surface area contributed by atoms with Gasteiger partial charge >= 0.3 is 0 Å². The SMILES string of the molecule is Cn1c(Cc2ccc(C#N)cc2)nc2cc(NS(=O)(=O)CC3CCCCC3)ccc21. The monoisotopic (exact) mass is 422 g/mol. The quantitative estimate of drug-likeness (QED) is 0.639. The van der Waals surface area contributed by atoms with Crippen molar-refractivity contribution >= 4 is 26.7 Å². The number of hydrogen-bond donors (Lipinski definition) is 1. The molecule has 1 N–H and O–H groups in total. The van der Waals surface area contributed by atoms with Gasteiger partial charge in [0.2, 0.25) is 10.0 Å². The number of nitriles is 1. The molecule has 0 saturated heterocycles. The van der Waals surface area contributed by atoms with Crippen LogP contribution in [-0.2, 0) is 23.5 Å². The average molecular weight is 423 g/mol. The lowest BCUT2D eigenvalue weighted by Gasteiger charge is -2.21. The summed E-state index contributed by atoms with van der Waals surface area (Å²) in [5.41, 5.74) is 3.98. The predicted molar refractivity (Wildman–Crippen MR) is 119 cm³/mol. The first-order chi connectivity index (χ1) is 14.4. The molecule has 3 aromatic rings. The van der Waals surface area contributed by atoms with Gasteiger partial charge in [0.1, 0.15) is 5.82 Å². The van der Waals surface area contributed by atoms with Gasteiger partial charge in [0.15, 0.2) is 0 Å². The number of aryl methyl sites for hydroxylation is 1. The van der Waals surface area contributed by atoms with Crippen LogP contribution < -0.4 is 4.72 Å². The molecule has 156 valence electrons. The minimum Gasteiger partial charge on any atom is -0.331 e. The smallest absolute Gasteiger partial charge is 0.232 e. The number of rotatable bonds is 6. The normalized spacial score (nSPS) is 15.2. The summed E-state index contributed by atoms with van der Waals surface area (Å²) in [6.07, 6.45) is 6.10. The molecule has 4 rings (SSSR count). The van der Waals surface area contributed by atoms with E-state index >= 15 is 0 Å². The summed E-state index contributed by atoms with van der Waals surface area (Å²) in [5, 5.41) is 8.94. The summed E-state index contributed by atoms with van der Waals surface area (Å²) < 4.78 is 30.0. The minimum absolute atomic E-state index is 0.192. The molecule has 2 aromatic carbocycles. The van der Waals surface area contributed by atoms with Crippen molar-refractivity contribution in [3.8, 4) is 6.07 Å². The zero-order valence-corrected chi connectivity index (χ0v) is 18.0. The first-order valence-corrected chi connectivity index (χ1v) is 12.0. The topological polar surface area (TPSA) is 87.8 Å². The molecule has 0 spiro atoms. The molecule has 1 fully saturated rings. The van der Waals surface area contributed by atoms with Gasteiger partial charge in [-0.25, -0.2) is 13.4 Å². The highest BCUT2D eigenvalue weighted by atomic mass is 32.2. The van der Waals surface area contributed by atoms with Gasteiger partial charge < -0.3 is 4.57 Å². The van der Waals surface area contributed by atoms with Crippen LogP contribution in [0.5, 0.6) is 0 Å². The molecule has 1 aliphatic carbocycles. The number of nitrogens with one attached hydrogen (secondary N) is 1. The summed E-state index contributed by atoms with van der Waals surface area (Å²) in [7, 11) is -1.41. The predicted octanol–water partition coefficient (Wildman–Crippen LogP) is 4.36. The fraction of sp³-hybridized carbons (Fsp3) is 0.391.